The fourth-order valence-corrected chi connectivity index (χ4v) is 1.13. The van der Waals surface area contributed by atoms with Crippen LogP contribution < -0.4 is 10.1 Å². The number of terminal acetylenes is 1. The summed E-state index contributed by atoms with van der Waals surface area (Å²) < 4.78 is 10.2. The van der Waals surface area contributed by atoms with Crippen molar-refractivity contribution in [3.8, 4) is 18.2 Å². The highest BCUT2D eigenvalue weighted by molar-refractivity contribution is 5.38. The molecule has 0 bridgehead atoms. The molecule has 5 nitrogen and oxygen atoms in total. The van der Waals surface area contributed by atoms with Gasteiger partial charge in [-0.15, -0.1) is 6.42 Å². The Bertz CT molecular complexity index is 350. The Morgan fingerprint density at radius 3 is 2.94 bits per heavy atom. The van der Waals surface area contributed by atoms with Gasteiger partial charge in [0.25, 0.3) is 0 Å². The summed E-state index contributed by atoms with van der Waals surface area (Å²) in [5.74, 6) is 4.11. The molecule has 0 aromatic carbocycles. The summed E-state index contributed by atoms with van der Waals surface area (Å²) in [7, 11) is 1.59. The van der Waals surface area contributed by atoms with Gasteiger partial charge in [-0.25, -0.2) is 4.98 Å². The number of hydrogen-bond donors (Lipinski definition) is 1. The number of nitrogens with one attached hydrogen (secondary N) is 1. The van der Waals surface area contributed by atoms with E-state index in [1.807, 2.05) is 6.92 Å². The smallest absolute Gasteiger partial charge is 0.219 e. The van der Waals surface area contributed by atoms with Gasteiger partial charge in [0.1, 0.15) is 12.4 Å². The second kappa shape index (κ2) is 6.64. The first-order chi connectivity index (χ1) is 7.80. The molecular formula is C11H15N3O2. The second-order valence-electron chi connectivity index (χ2n) is 2.96. The van der Waals surface area contributed by atoms with E-state index in [9.17, 15) is 0 Å². The van der Waals surface area contributed by atoms with Crippen LogP contribution in [0.2, 0.25) is 0 Å². The Kier molecular flexibility index (Phi) is 5.09. The molecule has 0 unspecified atom stereocenters. The molecule has 1 N–H and O–H groups in total. The summed E-state index contributed by atoms with van der Waals surface area (Å²) in [5.41, 5.74) is 0. The van der Waals surface area contributed by atoms with Gasteiger partial charge >= 0.3 is 0 Å². The highest BCUT2D eigenvalue weighted by Crippen LogP contribution is 2.13. The molecule has 0 atom stereocenters. The van der Waals surface area contributed by atoms with Crippen LogP contribution in [-0.2, 0) is 11.3 Å². The molecule has 0 aliphatic carbocycles. The predicted octanol–water partition coefficient (Wildman–Crippen LogP) is 1.07. The first kappa shape index (κ1) is 12.3. The largest absolute Gasteiger partial charge is 0.464 e. The van der Waals surface area contributed by atoms with Crippen molar-refractivity contribution in [2.24, 2.45) is 0 Å². The first-order valence-electron chi connectivity index (χ1n) is 4.97. The highest BCUT2D eigenvalue weighted by Gasteiger charge is 2.04. The lowest BCUT2D eigenvalue weighted by atomic mass is 10.5. The molecule has 1 aromatic heterocycles. The maximum Gasteiger partial charge on any atom is 0.219 e. The first-order valence-corrected chi connectivity index (χ1v) is 4.97. The summed E-state index contributed by atoms with van der Waals surface area (Å²) in [4.78, 5) is 8.39. The zero-order valence-electron chi connectivity index (χ0n) is 9.49. The molecule has 0 aliphatic rings. The van der Waals surface area contributed by atoms with E-state index >= 15 is 0 Å². The van der Waals surface area contributed by atoms with Crippen molar-refractivity contribution in [2.45, 2.75) is 13.5 Å². The van der Waals surface area contributed by atoms with Crippen LogP contribution in [-0.4, -0.2) is 30.2 Å². The van der Waals surface area contributed by atoms with E-state index in [2.05, 4.69) is 21.2 Å². The Balaban J connectivity index is 2.85. The van der Waals surface area contributed by atoms with Gasteiger partial charge in [-0.1, -0.05) is 5.92 Å². The fraction of sp³-hybridized carbons (Fsp3) is 0.455. The van der Waals surface area contributed by atoms with Crippen molar-refractivity contribution < 1.29 is 9.47 Å². The van der Waals surface area contributed by atoms with Crippen LogP contribution in [0, 0.1) is 12.3 Å². The summed E-state index contributed by atoms with van der Waals surface area (Å²) in [6, 6.07) is 1.71. The van der Waals surface area contributed by atoms with Crippen molar-refractivity contribution in [2.75, 3.05) is 25.6 Å². The minimum Gasteiger partial charge on any atom is -0.464 e. The average Bonchev–Trinajstić information content (AvgIpc) is 2.27. The van der Waals surface area contributed by atoms with Crippen LogP contribution in [0.4, 0.5) is 5.82 Å². The number of ether oxygens (including phenoxy) is 2. The van der Waals surface area contributed by atoms with E-state index in [-0.39, 0.29) is 6.61 Å². The predicted molar refractivity (Wildman–Crippen MR) is 61.2 cm³/mol. The lowest BCUT2D eigenvalue weighted by Crippen LogP contribution is -2.06. The number of aromatic nitrogens is 2. The van der Waals surface area contributed by atoms with Gasteiger partial charge in [0, 0.05) is 19.7 Å². The van der Waals surface area contributed by atoms with Gasteiger partial charge in [0.2, 0.25) is 5.88 Å². The average molecular weight is 221 g/mol. The lowest BCUT2D eigenvalue weighted by molar-refractivity contribution is 0.176. The van der Waals surface area contributed by atoms with Crippen LogP contribution in [0.1, 0.15) is 12.7 Å². The van der Waals surface area contributed by atoms with E-state index in [4.69, 9.17) is 15.9 Å². The summed E-state index contributed by atoms with van der Waals surface area (Å²) in [6.07, 6.45) is 5.11. The van der Waals surface area contributed by atoms with Gasteiger partial charge < -0.3 is 14.8 Å². The van der Waals surface area contributed by atoms with Crippen molar-refractivity contribution in [3.05, 3.63) is 11.9 Å². The van der Waals surface area contributed by atoms with Gasteiger partial charge in [0.05, 0.1) is 0 Å². The third kappa shape index (κ3) is 3.75. The van der Waals surface area contributed by atoms with Crippen LogP contribution >= 0.6 is 0 Å². The van der Waals surface area contributed by atoms with Crippen LogP contribution in [0.3, 0.4) is 0 Å². The van der Waals surface area contributed by atoms with E-state index in [0.29, 0.717) is 24.1 Å². The van der Waals surface area contributed by atoms with Crippen LogP contribution in [0.15, 0.2) is 6.07 Å². The van der Waals surface area contributed by atoms with E-state index in [0.717, 1.165) is 6.54 Å². The number of methoxy groups -OCH3 is 1. The Morgan fingerprint density at radius 2 is 2.31 bits per heavy atom. The molecular weight excluding hydrogens is 206 g/mol. The van der Waals surface area contributed by atoms with E-state index in [1.165, 1.54) is 0 Å². The van der Waals surface area contributed by atoms with Crippen LogP contribution in [0.5, 0.6) is 5.88 Å². The van der Waals surface area contributed by atoms with Crippen molar-refractivity contribution >= 4 is 5.82 Å². The summed E-state index contributed by atoms with van der Waals surface area (Å²) >= 11 is 0. The minimum atomic E-state index is 0.189. The van der Waals surface area contributed by atoms with Gasteiger partial charge in [-0.2, -0.15) is 4.98 Å². The van der Waals surface area contributed by atoms with Crippen molar-refractivity contribution in [1.82, 2.24) is 9.97 Å². The van der Waals surface area contributed by atoms with E-state index < -0.39 is 0 Å². The molecule has 0 radical (unpaired) electrons. The number of anilines is 1. The molecule has 1 heterocycles. The standard InChI is InChI=1S/C11H15N3O2/c1-4-6-16-11-7-9(12-5-2)13-10(14-11)8-15-3/h1,7H,5-6,8H2,2-3H3,(H,12,13,14). The number of nitrogens with zero attached hydrogens (tertiary/aromatic N) is 2. The molecule has 0 amide bonds. The third-order valence-corrected chi connectivity index (χ3v) is 1.68. The normalized spacial score (nSPS) is 9.56. The Labute approximate surface area is 95.2 Å². The SMILES string of the molecule is C#CCOc1cc(NCC)nc(COC)n1. The molecule has 0 saturated carbocycles. The van der Waals surface area contributed by atoms with Crippen molar-refractivity contribution in [1.29, 1.82) is 0 Å². The molecule has 16 heavy (non-hydrogen) atoms. The molecule has 5 heteroatoms. The quantitative estimate of drug-likeness (QED) is 0.728. The minimum absolute atomic E-state index is 0.189. The fourth-order valence-electron chi connectivity index (χ4n) is 1.13. The molecule has 0 fully saturated rings. The monoisotopic (exact) mass is 221 g/mol. The molecule has 1 aromatic rings. The lowest BCUT2D eigenvalue weighted by Gasteiger charge is -2.08. The Morgan fingerprint density at radius 1 is 1.50 bits per heavy atom. The second-order valence-corrected chi connectivity index (χ2v) is 2.96. The van der Waals surface area contributed by atoms with Crippen LogP contribution in [0.25, 0.3) is 0 Å². The highest BCUT2D eigenvalue weighted by atomic mass is 16.5. The molecule has 86 valence electrons. The van der Waals surface area contributed by atoms with Gasteiger partial charge in [-0.05, 0) is 6.92 Å². The number of rotatable bonds is 6. The molecule has 0 saturated heterocycles. The molecule has 0 aliphatic heterocycles. The van der Waals surface area contributed by atoms with Crippen molar-refractivity contribution in [3.63, 3.8) is 0 Å². The third-order valence-electron chi connectivity index (χ3n) is 1.68. The van der Waals surface area contributed by atoms with E-state index in [1.54, 1.807) is 13.2 Å². The maximum atomic E-state index is 5.25. The number of hydrogen-bond acceptors (Lipinski definition) is 5. The summed E-state index contributed by atoms with van der Waals surface area (Å²) in [6.45, 7) is 3.29. The van der Waals surface area contributed by atoms with Gasteiger partial charge in [0.15, 0.2) is 12.4 Å². The molecule has 0 spiro atoms. The maximum absolute atomic E-state index is 5.25. The zero-order chi connectivity index (χ0) is 11.8. The molecule has 1 rings (SSSR count). The zero-order valence-corrected chi connectivity index (χ0v) is 9.49. The topological polar surface area (TPSA) is 56.3 Å². The Hall–Kier alpha value is -1.80. The summed E-state index contributed by atoms with van der Waals surface area (Å²) in [5, 5.41) is 3.08. The van der Waals surface area contributed by atoms with Gasteiger partial charge in [-0.3, -0.25) is 0 Å².